The first-order valence-corrected chi connectivity index (χ1v) is 12.9. The SMILES string of the molecule is CN(C(=O)[C@@H](N)Cc1ccc(F)cc1)[C@H](C(=O)N(C)[C@@H](Cc1ccc(O)c(C(C)(C)C)c1)C(N)=O)C1CC1. The summed E-state index contributed by atoms with van der Waals surface area (Å²) in [6.45, 7) is 5.92. The van der Waals surface area contributed by atoms with Crippen LogP contribution in [0.5, 0.6) is 5.75 Å². The molecule has 2 aromatic carbocycles. The number of phenolic OH excluding ortho intramolecular Hbond substituents is 1. The Kier molecular flexibility index (Phi) is 8.82. The number of amides is 3. The number of aromatic hydroxyl groups is 1. The number of carbonyl (C=O) groups is 3. The molecule has 0 radical (unpaired) electrons. The highest BCUT2D eigenvalue weighted by Crippen LogP contribution is 2.37. The highest BCUT2D eigenvalue weighted by molar-refractivity contribution is 5.93. The molecule has 3 rings (SSSR count). The van der Waals surface area contributed by atoms with E-state index in [-0.39, 0.29) is 41.6 Å². The van der Waals surface area contributed by atoms with Crippen molar-refractivity contribution in [2.75, 3.05) is 14.1 Å². The molecular formula is C29H39FN4O4. The molecule has 3 amide bonds. The number of primary amides is 1. The third-order valence-corrected chi connectivity index (χ3v) is 7.21. The lowest BCUT2D eigenvalue weighted by Gasteiger charge is -2.35. The highest BCUT2D eigenvalue weighted by atomic mass is 19.1. The number of nitrogens with zero attached hydrogens (tertiary/aromatic N) is 2. The zero-order valence-electron chi connectivity index (χ0n) is 22.8. The molecule has 1 aliphatic rings. The van der Waals surface area contributed by atoms with Crippen molar-refractivity contribution in [2.24, 2.45) is 17.4 Å². The third-order valence-electron chi connectivity index (χ3n) is 7.21. The van der Waals surface area contributed by atoms with Gasteiger partial charge in [-0.05, 0) is 65.5 Å². The number of nitrogens with two attached hydrogens (primary N) is 2. The molecule has 1 aliphatic carbocycles. The van der Waals surface area contributed by atoms with Crippen molar-refractivity contribution in [3.63, 3.8) is 0 Å². The van der Waals surface area contributed by atoms with Gasteiger partial charge in [-0.3, -0.25) is 14.4 Å². The Morgan fingerprint density at radius 1 is 0.974 bits per heavy atom. The van der Waals surface area contributed by atoms with Gasteiger partial charge in [0.2, 0.25) is 17.7 Å². The normalized spacial score (nSPS) is 15.9. The van der Waals surface area contributed by atoms with E-state index in [0.717, 1.165) is 24.0 Å². The molecule has 0 aliphatic heterocycles. The highest BCUT2D eigenvalue weighted by Gasteiger charge is 2.44. The number of carbonyl (C=O) groups excluding carboxylic acids is 3. The van der Waals surface area contributed by atoms with Crippen LogP contribution in [0.15, 0.2) is 42.5 Å². The lowest BCUT2D eigenvalue weighted by Crippen LogP contribution is -2.57. The van der Waals surface area contributed by atoms with Crippen LogP contribution in [-0.2, 0) is 32.6 Å². The molecule has 0 aromatic heterocycles. The van der Waals surface area contributed by atoms with Gasteiger partial charge in [0.25, 0.3) is 0 Å². The predicted octanol–water partition coefficient (Wildman–Crippen LogP) is 2.49. The molecule has 206 valence electrons. The summed E-state index contributed by atoms with van der Waals surface area (Å²) in [7, 11) is 3.07. The number of halogens is 1. The lowest BCUT2D eigenvalue weighted by atomic mass is 9.84. The standard InChI is InChI=1S/C29H39FN4O4/c1-29(2,3)21-14-18(8-13-24(21)35)16-23(26(32)36)33(4)28(38)25(19-9-10-19)34(5)27(37)22(31)15-17-6-11-20(30)12-7-17/h6-8,11-14,19,22-23,25,35H,9-10,15-16,31H2,1-5H3,(H2,32,36)/t22-,23-,25-/m0/s1. The summed E-state index contributed by atoms with van der Waals surface area (Å²) in [5, 5.41) is 10.3. The second-order valence-corrected chi connectivity index (χ2v) is 11.3. The van der Waals surface area contributed by atoms with E-state index in [4.69, 9.17) is 11.5 Å². The van der Waals surface area contributed by atoms with E-state index in [0.29, 0.717) is 5.56 Å². The van der Waals surface area contributed by atoms with Crippen molar-refractivity contribution in [3.8, 4) is 5.75 Å². The summed E-state index contributed by atoms with van der Waals surface area (Å²) >= 11 is 0. The Balaban J connectivity index is 1.78. The van der Waals surface area contributed by atoms with Crippen LogP contribution in [0.25, 0.3) is 0 Å². The summed E-state index contributed by atoms with van der Waals surface area (Å²) < 4.78 is 13.2. The van der Waals surface area contributed by atoms with Crippen LogP contribution in [-0.4, -0.2) is 64.8 Å². The quantitative estimate of drug-likeness (QED) is 0.438. The van der Waals surface area contributed by atoms with Gasteiger partial charge in [0.05, 0.1) is 6.04 Å². The second-order valence-electron chi connectivity index (χ2n) is 11.3. The zero-order valence-corrected chi connectivity index (χ0v) is 22.8. The smallest absolute Gasteiger partial charge is 0.246 e. The van der Waals surface area contributed by atoms with Crippen molar-refractivity contribution in [2.45, 2.75) is 70.0 Å². The number of rotatable bonds is 10. The van der Waals surface area contributed by atoms with Gasteiger partial charge in [-0.15, -0.1) is 0 Å². The minimum atomic E-state index is -0.947. The molecule has 1 saturated carbocycles. The maximum absolute atomic E-state index is 13.7. The Hall–Kier alpha value is -3.46. The molecule has 8 nitrogen and oxygen atoms in total. The molecule has 0 spiro atoms. The second kappa shape index (κ2) is 11.5. The van der Waals surface area contributed by atoms with E-state index >= 15 is 0 Å². The maximum Gasteiger partial charge on any atom is 0.246 e. The van der Waals surface area contributed by atoms with Crippen molar-refractivity contribution in [3.05, 3.63) is 65.0 Å². The van der Waals surface area contributed by atoms with Gasteiger partial charge in [-0.25, -0.2) is 4.39 Å². The molecular weight excluding hydrogens is 487 g/mol. The van der Waals surface area contributed by atoms with Crippen molar-refractivity contribution >= 4 is 17.7 Å². The lowest BCUT2D eigenvalue weighted by molar-refractivity contribution is -0.148. The van der Waals surface area contributed by atoms with E-state index in [9.17, 15) is 23.9 Å². The van der Waals surface area contributed by atoms with Crippen LogP contribution in [0.3, 0.4) is 0 Å². The van der Waals surface area contributed by atoms with Crippen molar-refractivity contribution < 1.29 is 23.9 Å². The summed E-state index contributed by atoms with van der Waals surface area (Å²) in [5.41, 5.74) is 13.8. The Bertz CT molecular complexity index is 1170. The predicted molar refractivity (Wildman–Crippen MR) is 144 cm³/mol. The van der Waals surface area contributed by atoms with Gasteiger partial charge in [-0.1, -0.05) is 45.0 Å². The molecule has 2 aromatic rings. The molecule has 3 atom stereocenters. The van der Waals surface area contributed by atoms with Gasteiger partial charge in [0, 0.05) is 20.5 Å². The topological polar surface area (TPSA) is 130 Å². The first kappa shape index (κ1) is 29.1. The van der Waals surface area contributed by atoms with Crippen molar-refractivity contribution in [1.29, 1.82) is 0 Å². The molecule has 5 N–H and O–H groups in total. The van der Waals surface area contributed by atoms with Crippen LogP contribution < -0.4 is 11.5 Å². The van der Waals surface area contributed by atoms with Gasteiger partial charge < -0.3 is 26.4 Å². The van der Waals surface area contributed by atoms with Gasteiger partial charge >= 0.3 is 0 Å². The summed E-state index contributed by atoms with van der Waals surface area (Å²) in [5.74, 6) is -1.70. The number of hydrogen-bond donors (Lipinski definition) is 3. The van der Waals surface area contributed by atoms with Gasteiger partial charge in [0.15, 0.2) is 0 Å². The Morgan fingerprint density at radius 3 is 2.08 bits per heavy atom. The van der Waals surface area contributed by atoms with Crippen LogP contribution in [0, 0.1) is 11.7 Å². The van der Waals surface area contributed by atoms with Crippen molar-refractivity contribution in [1.82, 2.24) is 9.80 Å². The van der Waals surface area contributed by atoms with E-state index in [1.807, 2.05) is 26.8 Å². The number of likely N-dealkylation sites (N-methyl/N-ethyl adjacent to an activating group) is 2. The monoisotopic (exact) mass is 526 g/mol. The summed E-state index contributed by atoms with van der Waals surface area (Å²) in [4.78, 5) is 42.1. The molecule has 0 saturated heterocycles. The molecule has 9 heteroatoms. The van der Waals surface area contributed by atoms with E-state index in [1.165, 1.54) is 29.0 Å². The average Bonchev–Trinajstić information content (AvgIpc) is 3.68. The minimum Gasteiger partial charge on any atom is -0.508 e. The fourth-order valence-electron chi connectivity index (χ4n) is 4.78. The van der Waals surface area contributed by atoms with Crippen LogP contribution in [0.1, 0.15) is 50.3 Å². The maximum atomic E-state index is 13.7. The summed E-state index contributed by atoms with van der Waals surface area (Å²) in [6.07, 6.45) is 1.93. The van der Waals surface area contributed by atoms with Crippen LogP contribution >= 0.6 is 0 Å². The summed E-state index contributed by atoms with van der Waals surface area (Å²) in [6, 6.07) is 8.25. The van der Waals surface area contributed by atoms with E-state index in [1.54, 1.807) is 31.3 Å². The average molecular weight is 527 g/mol. The van der Waals surface area contributed by atoms with Crippen LogP contribution in [0.2, 0.25) is 0 Å². The minimum absolute atomic E-state index is 0.0355. The molecule has 0 heterocycles. The fourth-order valence-corrected chi connectivity index (χ4v) is 4.78. The first-order valence-electron chi connectivity index (χ1n) is 12.9. The molecule has 0 unspecified atom stereocenters. The zero-order chi connectivity index (χ0) is 28.4. The van der Waals surface area contributed by atoms with Crippen LogP contribution in [0.4, 0.5) is 4.39 Å². The number of phenols is 1. The Morgan fingerprint density at radius 2 is 1.55 bits per heavy atom. The Labute approximate surface area is 223 Å². The number of benzene rings is 2. The first-order chi connectivity index (χ1) is 17.7. The molecule has 1 fully saturated rings. The van der Waals surface area contributed by atoms with E-state index in [2.05, 4.69) is 0 Å². The van der Waals surface area contributed by atoms with Gasteiger partial charge in [-0.2, -0.15) is 0 Å². The third kappa shape index (κ3) is 6.89. The van der Waals surface area contributed by atoms with E-state index < -0.39 is 29.9 Å². The fraction of sp³-hybridized carbons (Fsp3) is 0.483. The largest absolute Gasteiger partial charge is 0.508 e. The molecule has 0 bridgehead atoms. The number of hydrogen-bond acceptors (Lipinski definition) is 5. The molecule has 38 heavy (non-hydrogen) atoms. The van der Waals surface area contributed by atoms with Gasteiger partial charge in [0.1, 0.15) is 23.7 Å².